The Hall–Kier alpha value is -1.62. The highest BCUT2D eigenvalue weighted by molar-refractivity contribution is 5.93. The lowest BCUT2D eigenvalue weighted by molar-refractivity contribution is 0.0916. The van der Waals surface area contributed by atoms with Gasteiger partial charge in [0, 0.05) is 12.2 Å². The predicted octanol–water partition coefficient (Wildman–Crippen LogP) is 2.07. The van der Waals surface area contributed by atoms with E-state index >= 15 is 0 Å². The summed E-state index contributed by atoms with van der Waals surface area (Å²) in [5.74, 6) is 6.04. The minimum Gasteiger partial charge on any atom is -0.348 e. The molecule has 19 heavy (non-hydrogen) atoms. The van der Waals surface area contributed by atoms with Crippen molar-refractivity contribution in [1.82, 2.24) is 10.3 Å². The van der Waals surface area contributed by atoms with Crippen molar-refractivity contribution in [2.45, 2.75) is 45.1 Å². The molecule has 0 spiro atoms. The third kappa shape index (κ3) is 3.67. The largest absolute Gasteiger partial charge is 0.348 e. The van der Waals surface area contributed by atoms with Gasteiger partial charge in [-0.05, 0) is 43.7 Å². The second-order valence-electron chi connectivity index (χ2n) is 5.17. The van der Waals surface area contributed by atoms with E-state index in [1.165, 1.54) is 19.3 Å². The Kier molecular flexibility index (Phi) is 4.74. The SMILES string of the molecule is CCC1CCC(NC(=O)c2cc(NN)ccn2)CC1. The average molecular weight is 262 g/mol. The molecular weight excluding hydrogens is 240 g/mol. The fraction of sp³-hybridized carbons (Fsp3) is 0.571. The summed E-state index contributed by atoms with van der Waals surface area (Å²) in [6.07, 6.45) is 7.38. The number of pyridine rings is 1. The number of aromatic nitrogens is 1. The van der Waals surface area contributed by atoms with Crippen LogP contribution in [0.1, 0.15) is 49.5 Å². The first kappa shape index (κ1) is 13.8. The smallest absolute Gasteiger partial charge is 0.270 e. The van der Waals surface area contributed by atoms with Crippen molar-refractivity contribution in [2.75, 3.05) is 5.43 Å². The number of carbonyl (C=O) groups is 1. The van der Waals surface area contributed by atoms with Gasteiger partial charge < -0.3 is 10.7 Å². The first-order valence-corrected chi connectivity index (χ1v) is 6.96. The topological polar surface area (TPSA) is 80.0 Å². The van der Waals surface area contributed by atoms with Gasteiger partial charge in [-0.15, -0.1) is 0 Å². The molecular formula is C14H22N4O. The summed E-state index contributed by atoms with van der Waals surface area (Å²) in [6, 6.07) is 3.67. The predicted molar refractivity (Wildman–Crippen MR) is 75.6 cm³/mol. The molecule has 1 aliphatic carbocycles. The van der Waals surface area contributed by atoms with Gasteiger partial charge in [0.2, 0.25) is 0 Å². The van der Waals surface area contributed by atoms with Crippen LogP contribution in [-0.4, -0.2) is 16.9 Å². The fourth-order valence-electron chi connectivity index (χ4n) is 2.62. The van der Waals surface area contributed by atoms with E-state index in [2.05, 4.69) is 22.7 Å². The Balaban J connectivity index is 1.90. The Morgan fingerprint density at radius 3 is 2.79 bits per heavy atom. The number of amides is 1. The minimum absolute atomic E-state index is 0.114. The summed E-state index contributed by atoms with van der Waals surface area (Å²) >= 11 is 0. The lowest BCUT2D eigenvalue weighted by Crippen LogP contribution is -2.38. The average Bonchev–Trinajstić information content (AvgIpc) is 2.48. The maximum atomic E-state index is 12.1. The summed E-state index contributed by atoms with van der Waals surface area (Å²) in [6.45, 7) is 2.23. The number of carbonyl (C=O) groups excluding carboxylic acids is 1. The van der Waals surface area contributed by atoms with Gasteiger partial charge in [-0.2, -0.15) is 0 Å². The molecule has 5 heteroatoms. The number of nitrogens with two attached hydrogens (primary N) is 1. The molecule has 0 aliphatic heterocycles. The molecule has 1 aromatic heterocycles. The third-order valence-electron chi connectivity index (χ3n) is 3.92. The normalized spacial score (nSPS) is 22.8. The molecule has 0 atom stereocenters. The van der Waals surface area contributed by atoms with Crippen molar-refractivity contribution >= 4 is 11.6 Å². The van der Waals surface area contributed by atoms with Crippen LogP contribution in [0, 0.1) is 5.92 Å². The van der Waals surface area contributed by atoms with Crippen LogP contribution in [0.5, 0.6) is 0 Å². The molecule has 0 aromatic carbocycles. The Bertz CT molecular complexity index is 427. The molecule has 2 rings (SSSR count). The van der Waals surface area contributed by atoms with E-state index in [1.54, 1.807) is 18.3 Å². The number of hydrazine groups is 1. The molecule has 0 bridgehead atoms. The van der Waals surface area contributed by atoms with Gasteiger partial charge in [0.25, 0.3) is 5.91 Å². The molecule has 1 saturated carbocycles. The Morgan fingerprint density at radius 1 is 1.42 bits per heavy atom. The van der Waals surface area contributed by atoms with E-state index in [4.69, 9.17) is 5.84 Å². The van der Waals surface area contributed by atoms with Gasteiger partial charge in [-0.3, -0.25) is 15.6 Å². The number of anilines is 1. The van der Waals surface area contributed by atoms with Crippen molar-refractivity contribution < 1.29 is 4.79 Å². The quantitative estimate of drug-likeness (QED) is 0.573. The summed E-state index contributed by atoms with van der Waals surface area (Å²) in [4.78, 5) is 16.2. The molecule has 1 aromatic rings. The van der Waals surface area contributed by atoms with Crippen molar-refractivity contribution in [1.29, 1.82) is 0 Å². The number of nitrogens with zero attached hydrogens (tertiary/aromatic N) is 1. The van der Waals surface area contributed by atoms with Crippen LogP contribution >= 0.6 is 0 Å². The van der Waals surface area contributed by atoms with Crippen molar-refractivity contribution in [2.24, 2.45) is 11.8 Å². The van der Waals surface area contributed by atoms with E-state index < -0.39 is 0 Å². The van der Waals surface area contributed by atoms with Crippen LogP contribution in [0.15, 0.2) is 18.3 Å². The number of hydrogen-bond donors (Lipinski definition) is 3. The summed E-state index contributed by atoms with van der Waals surface area (Å²) in [5, 5.41) is 3.06. The number of hydrogen-bond acceptors (Lipinski definition) is 4. The van der Waals surface area contributed by atoms with E-state index in [0.717, 1.165) is 18.8 Å². The zero-order valence-electron chi connectivity index (χ0n) is 11.4. The molecule has 0 unspecified atom stereocenters. The lowest BCUT2D eigenvalue weighted by atomic mass is 9.84. The molecule has 4 N–H and O–H groups in total. The van der Waals surface area contributed by atoms with Crippen molar-refractivity contribution in [3.8, 4) is 0 Å². The number of nitrogens with one attached hydrogen (secondary N) is 2. The zero-order chi connectivity index (χ0) is 13.7. The van der Waals surface area contributed by atoms with Crippen LogP contribution in [0.3, 0.4) is 0 Å². The van der Waals surface area contributed by atoms with Crippen LogP contribution in [0.4, 0.5) is 5.69 Å². The van der Waals surface area contributed by atoms with E-state index in [9.17, 15) is 4.79 Å². The summed E-state index contributed by atoms with van der Waals surface area (Å²) in [7, 11) is 0. The molecule has 1 heterocycles. The van der Waals surface area contributed by atoms with Gasteiger partial charge in [0.15, 0.2) is 0 Å². The third-order valence-corrected chi connectivity index (χ3v) is 3.92. The second kappa shape index (κ2) is 6.52. The minimum atomic E-state index is -0.114. The first-order valence-electron chi connectivity index (χ1n) is 6.96. The summed E-state index contributed by atoms with van der Waals surface area (Å²) < 4.78 is 0. The number of nitrogen functional groups attached to an aromatic ring is 1. The second-order valence-corrected chi connectivity index (χ2v) is 5.17. The van der Waals surface area contributed by atoms with Gasteiger partial charge in [-0.25, -0.2) is 0 Å². The standard InChI is InChI=1S/C14H22N4O/c1-2-10-3-5-11(6-4-10)17-14(19)13-9-12(18-15)7-8-16-13/h7-11H,2-6,15H2,1H3,(H,16,18)(H,17,19). The molecule has 1 amide bonds. The molecule has 104 valence electrons. The van der Waals surface area contributed by atoms with Gasteiger partial charge in [-0.1, -0.05) is 13.3 Å². The monoisotopic (exact) mass is 262 g/mol. The maximum Gasteiger partial charge on any atom is 0.270 e. The van der Waals surface area contributed by atoms with E-state index in [0.29, 0.717) is 11.4 Å². The zero-order valence-corrected chi connectivity index (χ0v) is 11.4. The molecule has 1 aliphatic rings. The molecule has 5 nitrogen and oxygen atoms in total. The van der Waals surface area contributed by atoms with Crippen LogP contribution < -0.4 is 16.6 Å². The molecule has 0 saturated heterocycles. The highest BCUT2D eigenvalue weighted by atomic mass is 16.1. The Morgan fingerprint density at radius 2 is 2.16 bits per heavy atom. The molecule has 1 fully saturated rings. The van der Waals surface area contributed by atoms with Crippen molar-refractivity contribution in [3.05, 3.63) is 24.0 Å². The van der Waals surface area contributed by atoms with Crippen molar-refractivity contribution in [3.63, 3.8) is 0 Å². The van der Waals surface area contributed by atoms with Crippen LogP contribution in [0.25, 0.3) is 0 Å². The summed E-state index contributed by atoms with van der Waals surface area (Å²) in [5.41, 5.74) is 3.62. The number of rotatable bonds is 4. The first-order chi connectivity index (χ1) is 9.22. The van der Waals surface area contributed by atoms with Gasteiger partial charge in [0.05, 0.1) is 5.69 Å². The molecule has 0 radical (unpaired) electrons. The lowest BCUT2D eigenvalue weighted by Gasteiger charge is -2.28. The van der Waals surface area contributed by atoms with E-state index in [-0.39, 0.29) is 11.9 Å². The van der Waals surface area contributed by atoms with Gasteiger partial charge >= 0.3 is 0 Å². The highest BCUT2D eigenvalue weighted by Crippen LogP contribution is 2.26. The highest BCUT2D eigenvalue weighted by Gasteiger charge is 2.22. The van der Waals surface area contributed by atoms with Crippen LogP contribution in [0.2, 0.25) is 0 Å². The van der Waals surface area contributed by atoms with Crippen LogP contribution in [-0.2, 0) is 0 Å². The fourth-order valence-corrected chi connectivity index (χ4v) is 2.62. The van der Waals surface area contributed by atoms with Gasteiger partial charge in [0.1, 0.15) is 5.69 Å². The van der Waals surface area contributed by atoms with E-state index in [1.807, 2.05) is 0 Å². The Labute approximate surface area is 114 Å². The maximum absolute atomic E-state index is 12.1.